The van der Waals surface area contributed by atoms with Crippen molar-refractivity contribution in [1.29, 1.82) is 0 Å². The van der Waals surface area contributed by atoms with E-state index < -0.39 is 0 Å². The molecule has 1 aliphatic rings. The number of benzene rings is 1. The maximum Gasteiger partial charge on any atom is 0.220 e. The second-order valence-corrected chi connectivity index (χ2v) is 7.92. The highest BCUT2D eigenvalue weighted by Crippen LogP contribution is 2.28. The van der Waals surface area contributed by atoms with E-state index in [1.54, 1.807) is 4.68 Å². The SMILES string of the molecule is Cc1ccccc1[C@H](CNC(=O)CCc1cnn(C)c1)N1CCC(C)CC1. The predicted octanol–water partition coefficient (Wildman–Crippen LogP) is 3.25. The first-order valence-corrected chi connectivity index (χ1v) is 10.1. The Morgan fingerprint density at radius 1 is 1.30 bits per heavy atom. The smallest absolute Gasteiger partial charge is 0.220 e. The Morgan fingerprint density at radius 3 is 2.70 bits per heavy atom. The van der Waals surface area contributed by atoms with Crippen LogP contribution in [0, 0.1) is 12.8 Å². The van der Waals surface area contributed by atoms with Gasteiger partial charge in [-0.15, -0.1) is 0 Å². The fourth-order valence-corrected chi connectivity index (χ4v) is 3.89. The second kappa shape index (κ2) is 9.18. The van der Waals surface area contributed by atoms with Crippen LogP contribution in [0.4, 0.5) is 0 Å². The number of carbonyl (C=O) groups is 1. The maximum absolute atomic E-state index is 12.4. The van der Waals surface area contributed by atoms with Crippen LogP contribution >= 0.6 is 0 Å². The number of amides is 1. The number of aryl methyl sites for hydroxylation is 3. The lowest BCUT2D eigenvalue weighted by Gasteiger charge is -2.37. The highest BCUT2D eigenvalue weighted by molar-refractivity contribution is 5.76. The van der Waals surface area contributed by atoms with E-state index in [9.17, 15) is 4.79 Å². The van der Waals surface area contributed by atoms with Crippen molar-refractivity contribution >= 4 is 5.91 Å². The normalized spacial score (nSPS) is 17.0. The molecule has 146 valence electrons. The quantitative estimate of drug-likeness (QED) is 0.816. The first kappa shape index (κ1) is 19.6. The topological polar surface area (TPSA) is 50.2 Å². The van der Waals surface area contributed by atoms with Gasteiger partial charge < -0.3 is 5.32 Å². The summed E-state index contributed by atoms with van der Waals surface area (Å²) in [6.07, 6.45) is 7.50. The molecule has 1 aliphatic heterocycles. The molecule has 1 fully saturated rings. The lowest BCUT2D eigenvalue weighted by Crippen LogP contribution is -2.42. The maximum atomic E-state index is 12.4. The third-order valence-electron chi connectivity index (χ3n) is 5.70. The molecule has 5 nitrogen and oxygen atoms in total. The van der Waals surface area contributed by atoms with Gasteiger partial charge in [0, 0.05) is 26.2 Å². The molecule has 0 unspecified atom stereocenters. The van der Waals surface area contributed by atoms with Gasteiger partial charge in [0.05, 0.1) is 12.2 Å². The monoisotopic (exact) mass is 368 g/mol. The fourth-order valence-electron chi connectivity index (χ4n) is 3.89. The van der Waals surface area contributed by atoms with Gasteiger partial charge in [0.2, 0.25) is 5.91 Å². The van der Waals surface area contributed by atoms with Crippen LogP contribution in [0.2, 0.25) is 0 Å². The van der Waals surface area contributed by atoms with Gasteiger partial charge in [0.1, 0.15) is 0 Å². The number of piperidine rings is 1. The molecule has 0 bridgehead atoms. The average Bonchev–Trinajstić information content (AvgIpc) is 3.08. The predicted molar refractivity (Wildman–Crippen MR) is 108 cm³/mol. The standard InChI is InChI=1S/C22H32N4O/c1-17-10-12-26(13-11-17)21(20-7-5-4-6-18(20)2)15-23-22(27)9-8-19-14-24-25(3)16-19/h4-7,14,16-17,21H,8-13,15H2,1-3H3,(H,23,27)/t21-/m0/s1. The molecule has 0 radical (unpaired) electrons. The fraction of sp³-hybridized carbons (Fsp3) is 0.545. The van der Waals surface area contributed by atoms with Crippen molar-refractivity contribution in [3.8, 4) is 0 Å². The van der Waals surface area contributed by atoms with Gasteiger partial charge in [0.15, 0.2) is 0 Å². The van der Waals surface area contributed by atoms with Crippen molar-refractivity contribution in [1.82, 2.24) is 20.0 Å². The molecular formula is C22H32N4O. The van der Waals surface area contributed by atoms with Crippen molar-refractivity contribution in [2.45, 2.75) is 45.6 Å². The number of nitrogens with one attached hydrogen (secondary N) is 1. The van der Waals surface area contributed by atoms with Gasteiger partial charge in [-0.05, 0) is 61.9 Å². The van der Waals surface area contributed by atoms with E-state index in [1.807, 2.05) is 19.4 Å². The Kier molecular flexibility index (Phi) is 6.67. The number of nitrogens with zero attached hydrogens (tertiary/aromatic N) is 3. The molecule has 0 aliphatic carbocycles. The van der Waals surface area contributed by atoms with Crippen LogP contribution in [0.1, 0.15) is 48.9 Å². The van der Waals surface area contributed by atoms with Crippen molar-refractivity contribution in [3.63, 3.8) is 0 Å². The summed E-state index contributed by atoms with van der Waals surface area (Å²) in [7, 11) is 1.90. The largest absolute Gasteiger partial charge is 0.354 e. The molecule has 1 aromatic heterocycles. The Labute approximate surface area is 162 Å². The molecule has 1 aromatic carbocycles. The minimum atomic E-state index is 0.114. The molecule has 2 heterocycles. The van der Waals surface area contributed by atoms with E-state index in [0.29, 0.717) is 13.0 Å². The summed E-state index contributed by atoms with van der Waals surface area (Å²) in [5.74, 6) is 0.913. The zero-order valence-electron chi connectivity index (χ0n) is 16.8. The third-order valence-corrected chi connectivity index (χ3v) is 5.70. The summed E-state index contributed by atoms with van der Waals surface area (Å²) in [6, 6.07) is 8.81. The van der Waals surface area contributed by atoms with Gasteiger partial charge in [-0.2, -0.15) is 5.10 Å². The van der Waals surface area contributed by atoms with Crippen LogP contribution in [0.15, 0.2) is 36.7 Å². The molecular weight excluding hydrogens is 336 g/mol. The van der Waals surface area contributed by atoms with Crippen LogP contribution in [0.25, 0.3) is 0 Å². The number of likely N-dealkylation sites (tertiary alicyclic amines) is 1. The summed E-state index contributed by atoms with van der Waals surface area (Å²) < 4.78 is 1.78. The molecule has 0 spiro atoms. The van der Waals surface area contributed by atoms with Gasteiger partial charge in [-0.1, -0.05) is 31.2 Å². The van der Waals surface area contributed by atoms with Crippen LogP contribution in [0.3, 0.4) is 0 Å². The Hall–Kier alpha value is -2.14. The van der Waals surface area contributed by atoms with E-state index in [0.717, 1.165) is 31.0 Å². The zero-order valence-corrected chi connectivity index (χ0v) is 16.8. The molecule has 2 aromatic rings. The van der Waals surface area contributed by atoms with E-state index in [2.05, 4.69) is 53.4 Å². The molecule has 1 N–H and O–H groups in total. The van der Waals surface area contributed by atoms with Crippen LogP contribution in [-0.4, -0.2) is 40.2 Å². The molecule has 1 amide bonds. The summed E-state index contributed by atoms with van der Waals surface area (Å²) >= 11 is 0. The van der Waals surface area contributed by atoms with E-state index in [1.165, 1.54) is 24.0 Å². The lowest BCUT2D eigenvalue weighted by molar-refractivity contribution is -0.121. The average molecular weight is 369 g/mol. The number of carbonyl (C=O) groups excluding carboxylic acids is 1. The van der Waals surface area contributed by atoms with Gasteiger partial charge in [-0.3, -0.25) is 14.4 Å². The second-order valence-electron chi connectivity index (χ2n) is 7.92. The molecule has 0 saturated carbocycles. The van der Waals surface area contributed by atoms with Crippen molar-refractivity contribution in [3.05, 3.63) is 53.3 Å². The summed E-state index contributed by atoms with van der Waals surface area (Å²) in [5.41, 5.74) is 3.73. The summed E-state index contributed by atoms with van der Waals surface area (Å²) in [5, 5.41) is 7.35. The van der Waals surface area contributed by atoms with Crippen molar-refractivity contribution < 1.29 is 4.79 Å². The first-order valence-electron chi connectivity index (χ1n) is 10.1. The third kappa shape index (κ3) is 5.42. The Balaban J connectivity index is 1.61. The first-order chi connectivity index (χ1) is 13.0. The minimum absolute atomic E-state index is 0.114. The van der Waals surface area contributed by atoms with E-state index in [4.69, 9.17) is 0 Å². The lowest BCUT2D eigenvalue weighted by atomic mass is 9.94. The van der Waals surface area contributed by atoms with Crippen LogP contribution < -0.4 is 5.32 Å². The zero-order chi connectivity index (χ0) is 19.2. The molecule has 5 heteroatoms. The van der Waals surface area contributed by atoms with Gasteiger partial charge in [-0.25, -0.2) is 0 Å². The summed E-state index contributed by atoms with van der Waals surface area (Å²) in [6.45, 7) is 7.38. The van der Waals surface area contributed by atoms with Gasteiger partial charge in [0.25, 0.3) is 0 Å². The number of hydrogen-bond donors (Lipinski definition) is 1. The molecule has 27 heavy (non-hydrogen) atoms. The molecule has 1 saturated heterocycles. The molecule has 3 rings (SSSR count). The number of aromatic nitrogens is 2. The summed E-state index contributed by atoms with van der Waals surface area (Å²) in [4.78, 5) is 15.0. The van der Waals surface area contributed by atoms with E-state index in [-0.39, 0.29) is 11.9 Å². The minimum Gasteiger partial charge on any atom is -0.354 e. The Morgan fingerprint density at radius 2 is 2.04 bits per heavy atom. The van der Waals surface area contributed by atoms with Gasteiger partial charge >= 0.3 is 0 Å². The van der Waals surface area contributed by atoms with Crippen LogP contribution in [-0.2, 0) is 18.3 Å². The Bertz CT molecular complexity index is 746. The molecule has 1 atom stereocenters. The van der Waals surface area contributed by atoms with Crippen molar-refractivity contribution in [2.24, 2.45) is 13.0 Å². The van der Waals surface area contributed by atoms with Crippen molar-refractivity contribution in [2.75, 3.05) is 19.6 Å². The highest BCUT2D eigenvalue weighted by atomic mass is 16.1. The number of rotatable bonds is 7. The van der Waals surface area contributed by atoms with Crippen LogP contribution in [0.5, 0.6) is 0 Å². The highest BCUT2D eigenvalue weighted by Gasteiger charge is 2.25. The van der Waals surface area contributed by atoms with E-state index >= 15 is 0 Å². The number of hydrogen-bond acceptors (Lipinski definition) is 3.